The zero-order chi connectivity index (χ0) is 13.9. The van der Waals surface area contributed by atoms with Crippen LogP contribution in [-0.4, -0.2) is 29.0 Å². The molecular weight excluding hydrogens is 276 g/mol. The average Bonchev–Trinajstić information content (AvgIpc) is 2.39. The second-order valence-corrected chi connectivity index (χ2v) is 6.06. The number of carbonyl (C=O) groups is 1. The minimum atomic E-state index is -0.0718. The molecule has 2 rings (SSSR count). The smallest absolute Gasteiger partial charge is 0.227 e. The molecule has 6 heteroatoms. The molecule has 0 bridgehead atoms. The van der Waals surface area contributed by atoms with Gasteiger partial charge in [-0.3, -0.25) is 4.79 Å². The van der Waals surface area contributed by atoms with E-state index in [2.05, 4.69) is 41.4 Å². The van der Waals surface area contributed by atoms with Crippen molar-refractivity contribution < 1.29 is 4.79 Å². The van der Waals surface area contributed by atoms with Gasteiger partial charge in [0.15, 0.2) is 0 Å². The van der Waals surface area contributed by atoms with Crippen molar-refractivity contribution in [3.63, 3.8) is 0 Å². The molecule has 0 spiro atoms. The maximum absolute atomic E-state index is 12.1. The molecule has 20 heavy (non-hydrogen) atoms. The highest BCUT2D eigenvalue weighted by atomic mass is 35.5. The van der Waals surface area contributed by atoms with Gasteiger partial charge < -0.3 is 10.6 Å². The Morgan fingerprint density at radius 2 is 1.80 bits per heavy atom. The number of nitrogens with one attached hydrogen (secondary N) is 2. The molecule has 0 unspecified atom stereocenters. The second-order valence-electron chi connectivity index (χ2n) is 6.06. The molecule has 0 aliphatic carbocycles. The van der Waals surface area contributed by atoms with Crippen molar-refractivity contribution in [2.24, 2.45) is 5.92 Å². The highest BCUT2D eigenvalue weighted by Crippen LogP contribution is 2.19. The van der Waals surface area contributed by atoms with Crippen LogP contribution in [0.2, 0.25) is 0 Å². The first-order valence-electron chi connectivity index (χ1n) is 6.81. The van der Waals surface area contributed by atoms with E-state index >= 15 is 0 Å². The molecule has 0 aromatic carbocycles. The lowest BCUT2D eigenvalue weighted by Crippen LogP contribution is -2.34. The maximum Gasteiger partial charge on any atom is 0.227 e. The summed E-state index contributed by atoms with van der Waals surface area (Å²) in [5.41, 5.74) is 0.605. The van der Waals surface area contributed by atoms with Crippen molar-refractivity contribution in [3.05, 3.63) is 18.2 Å². The van der Waals surface area contributed by atoms with Crippen LogP contribution in [0.1, 0.15) is 39.4 Å². The summed E-state index contributed by atoms with van der Waals surface area (Å²) in [4.78, 5) is 20.7. The summed E-state index contributed by atoms with van der Waals surface area (Å²) >= 11 is 0. The predicted octanol–water partition coefficient (Wildman–Crippen LogP) is 2.13. The second kappa shape index (κ2) is 6.99. The molecule has 1 aromatic rings. The van der Waals surface area contributed by atoms with E-state index in [1.165, 1.54) is 0 Å². The van der Waals surface area contributed by atoms with Crippen molar-refractivity contribution in [3.8, 4) is 0 Å². The van der Waals surface area contributed by atoms with Gasteiger partial charge in [0.05, 0.1) is 18.1 Å². The fourth-order valence-corrected chi connectivity index (χ4v) is 2.11. The van der Waals surface area contributed by atoms with E-state index in [0.29, 0.717) is 5.69 Å². The minimum absolute atomic E-state index is 0. The predicted molar refractivity (Wildman–Crippen MR) is 82.2 cm³/mol. The average molecular weight is 299 g/mol. The van der Waals surface area contributed by atoms with Gasteiger partial charge in [-0.05, 0) is 25.9 Å². The quantitative estimate of drug-likeness (QED) is 0.878. The number of hydrogen-bond donors (Lipinski definition) is 2. The molecule has 0 atom stereocenters. The largest absolute Gasteiger partial charge is 0.323 e. The third-order valence-electron chi connectivity index (χ3n) is 3.30. The summed E-state index contributed by atoms with van der Waals surface area (Å²) in [6.07, 6.45) is 5.17. The Morgan fingerprint density at radius 3 is 2.30 bits per heavy atom. The van der Waals surface area contributed by atoms with E-state index in [-0.39, 0.29) is 29.6 Å². The molecule has 1 aromatic heterocycles. The van der Waals surface area contributed by atoms with Crippen LogP contribution >= 0.6 is 12.4 Å². The summed E-state index contributed by atoms with van der Waals surface area (Å²) in [7, 11) is 0. The van der Waals surface area contributed by atoms with Gasteiger partial charge in [-0.2, -0.15) is 0 Å². The van der Waals surface area contributed by atoms with Crippen molar-refractivity contribution in [1.29, 1.82) is 0 Å². The SMILES string of the molecule is CC(C)(C)c1ncc(NC(=O)C2CCNCC2)cn1.Cl. The molecule has 112 valence electrons. The standard InChI is InChI=1S/C14H22N4O.ClH/c1-14(2,3)13-16-8-11(9-17-13)18-12(19)10-4-6-15-7-5-10;/h8-10,15H,4-7H2,1-3H3,(H,18,19);1H. The van der Waals surface area contributed by atoms with Crippen LogP contribution in [0.3, 0.4) is 0 Å². The molecule has 0 radical (unpaired) electrons. The Labute approximate surface area is 126 Å². The van der Waals surface area contributed by atoms with E-state index in [0.717, 1.165) is 31.8 Å². The molecule has 1 fully saturated rings. The van der Waals surface area contributed by atoms with Crippen molar-refractivity contribution in [2.75, 3.05) is 18.4 Å². The van der Waals surface area contributed by atoms with Gasteiger partial charge in [-0.15, -0.1) is 12.4 Å². The molecule has 2 heterocycles. The Kier molecular flexibility index (Phi) is 5.89. The third-order valence-corrected chi connectivity index (χ3v) is 3.30. The molecule has 1 amide bonds. The number of nitrogens with zero attached hydrogens (tertiary/aromatic N) is 2. The summed E-state index contributed by atoms with van der Waals surface area (Å²) < 4.78 is 0. The Hall–Kier alpha value is -1.20. The Morgan fingerprint density at radius 1 is 1.25 bits per heavy atom. The number of piperidine rings is 1. The van der Waals surface area contributed by atoms with Crippen LogP contribution in [0.5, 0.6) is 0 Å². The van der Waals surface area contributed by atoms with E-state index in [4.69, 9.17) is 0 Å². The number of aromatic nitrogens is 2. The van der Waals surface area contributed by atoms with Gasteiger partial charge in [-0.1, -0.05) is 20.8 Å². The number of hydrogen-bond acceptors (Lipinski definition) is 4. The first-order chi connectivity index (χ1) is 8.97. The topological polar surface area (TPSA) is 66.9 Å². The Balaban J connectivity index is 0.00000200. The first kappa shape index (κ1) is 16.9. The minimum Gasteiger partial charge on any atom is -0.323 e. The number of carbonyl (C=O) groups excluding carboxylic acids is 1. The van der Waals surface area contributed by atoms with Gasteiger partial charge >= 0.3 is 0 Å². The fourth-order valence-electron chi connectivity index (χ4n) is 2.11. The van der Waals surface area contributed by atoms with Crippen LogP contribution in [0.25, 0.3) is 0 Å². The zero-order valence-electron chi connectivity index (χ0n) is 12.3. The van der Waals surface area contributed by atoms with Crippen molar-refractivity contribution in [2.45, 2.75) is 39.0 Å². The Bertz CT molecular complexity index is 435. The highest BCUT2D eigenvalue weighted by molar-refractivity contribution is 5.92. The molecule has 0 saturated carbocycles. The maximum atomic E-state index is 12.1. The summed E-state index contributed by atoms with van der Waals surface area (Å²) in [6.45, 7) is 8.02. The summed E-state index contributed by atoms with van der Waals surface area (Å²) in [5.74, 6) is 0.963. The van der Waals surface area contributed by atoms with Crippen LogP contribution in [0, 0.1) is 5.92 Å². The zero-order valence-corrected chi connectivity index (χ0v) is 13.1. The monoisotopic (exact) mass is 298 g/mol. The third kappa shape index (κ3) is 4.42. The first-order valence-corrected chi connectivity index (χ1v) is 6.81. The lowest BCUT2D eigenvalue weighted by atomic mass is 9.96. The van der Waals surface area contributed by atoms with Crippen LogP contribution in [0.15, 0.2) is 12.4 Å². The fraction of sp³-hybridized carbons (Fsp3) is 0.643. The molecule has 2 N–H and O–H groups in total. The van der Waals surface area contributed by atoms with Gasteiger partial charge in [0, 0.05) is 11.3 Å². The van der Waals surface area contributed by atoms with Gasteiger partial charge in [0.2, 0.25) is 5.91 Å². The number of amides is 1. The normalized spacial score (nSPS) is 16.4. The van der Waals surface area contributed by atoms with Crippen LogP contribution in [-0.2, 0) is 10.2 Å². The van der Waals surface area contributed by atoms with Gasteiger partial charge in [0.1, 0.15) is 5.82 Å². The van der Waals surface area contributed by atoms with Crippen LogP contribution in [0.4, 0.5) is 5.69 Å². The van der Waals surface area contributed by atoms with Crippen molar-refractivity contribution in [1.82, 2.24) is 15.3 Å². The van der Waals surface area contributed by atoms with E-state index in [1.807, 2.05) is 0 Å². The summed E-state index contributed by atoms with van der Waals surface area (Å²) in [5, 5.41) is 6.15. The van der Waals surface area contributed by atoms with E-state index in [9.17, 15) is 4.79 Å². The van der Waals surface area contributed by atoms with Gasteiger partial charge in [0.25, 0.3) is 0 Å². The number of rotatable bonds is 2. The van der Waals surface area contributed by atoms with E-state index < -0.39 is 0 Å². The van der Waals surface area contributed by atoms with Gasteiger partial charge in [-0.25, -0.2) is 9.97 Å². The molecule has 1 aliphatic rings. The number of halogens is 1. The highest BCUT2D eigenvalue weighted by Gasteiger charge is 2.21. The summed E-state index contributed by atoms with van der Waals surface area (Å²) in [6, 6.07) is 0. The lowest BCUT2D eigenvalue weighted by Gasteiger charge is -2.22. The lowest BCUT2D eigenvalue weighted by molar-refractivity contribution is -0.120. The molecule has 1 saturated heterocycles. The molecular formula is C14H23ClN4O. The number of anilines is 1. The van der Waals surface area contributed by atoms with Crippen LogP contribution < -0.4 is 10.6 Å². The van der Waals surface area contributed by atoms with Crippen molar-refractivity contribution >= 4 is 24.0 Å². The molecule has 1 aliphatic heterocycles. The molecule has 5 nitrogen and oxygen atoms in total. The van der Waals surface area contributed by atoms with E-state index in [1.54, 1.807) is 12.4 Å².